The predicted octanol–water partition coefficient (Wildman–Crippen LogP) is 2.12. The van der Waals surface area contributed by atoms with Crippen LogP contribution in [0, 0.1) is 5.92 Å². The van der Waals surface area contributed by atoms with Crippen molar-refractivity contribution in [2.24, 2.45) is 16.6 Å². The van der Waals surface area contributed by atoms with Gasteiger partial charge in [0.05, 0.1) is 12.6 Å². The van der Waals surface area contributed by atoms with Crippen LogP contribution < -0.4 is 5.73 Å². The van der Waals surface area contributed by atoms with E-state index in [4.69, 9.17) is 5.73 Å². The summed E-state index contributed by atoms with van der Waals surface area (Å²) in [6.07, 6.45) is 11.2. The van der Waals surface area contributed by atoms with Gasteiger partial charge in [0, 0.05) is 6.04 Å². The molecule has 0 radical (unpaired) electrons. The molecule has 2 fully saturated rings. The van der Waals surface area contributed by atoms with Gasteiger partial charge in [-0.3, -0.25) is 4.99 Å². The molecule has 1 unspecified atom stereocenters. The van der Waals surface area contributed by atoms with Crippen molar-refractivity contribution in [3.05, 3.63) is 0 Å². The zero-order chi connectivity index (χ0) is 11.0. The van der Waals surface area contributed by atoms with Crippen molar-refractivity contribution >= 4 is 5.96 Å². The minimum absolute atomic E-state index is 0.644. The fourth-order valence-corrected chi connectivity index (χ4v) is 3.41. The van der Waals surface area contributed by atoms with Crippen LogP contribution >= 0.6 is 0 Å². The van der Waals surface area contributed by atoms with E-state index in [1.807, 2.05) is 0 Å². The van der Waals surface area contributed by atoms with Crippen molar-refractivity contribution in [3.8, 4) is 0 Å². The normalized spacial score (nSPS) is 32.6. The summed E-state index contributed by atoms with van der Waals surface area (Å²) in [6.45, 7) is 0.965. The van der Waals surface area contributed by atoms with E-state index < -0.39 is 0 Å². The summed E-state index contributed by atoms with van der Waals surface area (Å²) >= 11 is 0. The smallest absolute Gasteiger partial charge is 0.191 e. The Hall–Kier alpha value is -0.730. The van der Waals surface area contributed by atoms with Gasteiger partial charge in [-0.1, -0.05) is 25.7 Å². The first-order valence-electron chi connectivity index (χ1n) is 6.94. The molecule has 2 N–H and O–H groups in total. The summed E-state index contributed by atoms with van der Waals surface area (Å²) in [5.41, 5.74) is 6.03. The summed E-state index contributed by atoms with van der Waals surface area (Å²) in [6, 6.07) is 1.38. The molecule has 2 aliphatic carbocycles. The molecule has 1 atom stereocenters. The van der Waals surface area contributed by atoms with Gasteiger partial charge in [0.1, 0.15) is 0 Å². The number of rotatable bonds is 2. The summed E-state index contributed by atoms with van der Waals surface area (Å²) in [4.78, 5) is 6.94. The van der Waals surface area contributed by atoms with E-state index in [1.54, 1.807) is 0 Å². The van der Waals surface area contributed by atoms with Gasteiger partial charge in [0.15, 0.2) is 5.96 Å². The predicted molar refractivity (Wildman–Crippen MR) is 66.3 cm³/mol. The molecule has 0 saturated heterocycles. The molecule has 16 heavy (non-hydrogen) atoms. The average molecular weight is 221 g/mol. The third-order valence-electron chi connectivity index (χ3n) is 4.45. The Morgan fingerprint density at radius 2 is 1.69 bits per heavy atom. The van der Waals surface area contributed by atoms with Crippen molar-refractivity contribution in [3.63, 3.8) is 0 Å². The average Bonchev–Trinajstić information content (AvgIpc) is 3.08. The Morgan fingerprint density at radius 1 is 1.00 bits per heavy atom. The van der Waals surface area contributed by atoms with Crippen LogP contribution in [0.15, 0.2) is 4.99 Å². The Bertz CT molecular complexity index is 275. The molecule has 0 aromatic carbocycles. The monoisotopic (exact) mass is 221 g/mol. The standard InChI is InChI=1S/C13H23N3/c14-13-15-9-12(16(13)11-7-8-11)10-5-3-1-2-4-6-10/h10-12H,1-9H2,(H2,14,15). The highest BCUT2D eigenvalue weighted by atomic mass is 15.4. The lowest BCUT2D eigenvalue weighted by Gasteiger charge is -2.32. The molecule has 1 aliphatic heterocycles. The molecular weight excluding hydrogens is 198 g/mol. The number of nitrogens with zero attached hydrogens (tertiary/aromatic N) is 2. The zero-order valence-electron chi connectivity index (χ0n) is 10.1. The highest BCUT2D eigenvalue weighted by Crippen LogP contribution is 2.36. The zero-order valence-corrected chi connectivity index (χ0v) is 10.1. The Labute approximate surface area is 98.1 Å². The van der Waals surface area contributed by atoms with Crippen molar-refractivity contribution in [2.45, 2.75) is 63.5 Å². The van der Waals surface area contributed by atoms with E-state index in [9.17, 15) is 0 Å². The van der Waals surface area contributed by atoms with Crippen molar-refractivity contribution < 1.29 is 0 Å². The maximum atomic E-state index is 6.03. The van der Waals surface area contributed by atoms with E-state index in [0.29, 0.717) is 6.04 Å². The van der Waals surface area contributed by atoms with Gasteiger partial charge < -0.3 is 10.6 Å². The molecular formula is C13H23N3. The van der Waals surface area contributed by atoms with Gasteiger partial charge in [-0.2, -0.15) is 0 Å². The molecule has 0 aromatic rings. The first kappa shape index (κ1) is 10.4. The van der Waals surface area contributed by atoms with Crippen molar-refractivity contribution in [1.82, 2.24) is 4.90 Å². The van der Waals surface area contributed by atoms with Gasteiger partial charge in [-0.25, -0.2) is 0 Å². The molecule has 1 heterocycles. The van der Waals surface area contributed by atoms with E-state index in [1.165, 1.54) is 51.4 Å². The maximum absolute atomic E-state index is 6.03. The molecule has 3 nitrogen and oxygen atoms in total. The first-order valence-corrected chi connectivity index (χ1v) is 6.94. The van der Waals surface area contributed by atoms with Crippen LogP contribution in [0.25, 0.3) is 0 Å². The van der Waals surface area contributed by atoms with Crippen LogP contribution in [0.3, 0.4) is 0 Å². The second-order valence-electron chi connectivity index (χ2n) is 5.66. The minimum atomic E-state index is 0.644. The molecule has 0 amide bonds. The lowest BCUT2D eigenvalue weighted by molar-refractivity contribution is 0.223. The highest BCUT2D eigenvalue weighted by molar-refractivity contribution is 5.80. The summed E-state index contributed by atoms with van der Waals surface area (Å²) in [5, 5.41) is 0. The molecule has 3 heteroatoms. The van der Waals surface area contributed by atoms with Gasteiger partial charge in [-0.05, 0) is 31.6 Å². The second kappa shape index (κ2) is 4.27. The highest BCUT2D eigenvalue weighted by Gasteiger charge is 2.41. The lowest BCUT2D eigenvalue weighted by Crippen LogP contribution is -2.45. The molecule has 0 aromatic heterocycles. The molecule has 0 bridgehead atoms. The minimum Gasteiger partial charge on any atom is -0.370 e. The summed E-state index contributed by atoms with van der Waals surface area (Å²) in [5.74, 6) is 1.68. The molecule has 2 saturated carbocycles. The molecule has 3 aliphatic rings. The van der Waals surface area contributed by atoms with Crippen molar-refractivity contribution in [1.29, 1.82) is 0 Å². The van der Waals surface area contributed by atoms with Crippen LogP contribution in [0.5, 0.6) is 0 Å². The third kappa shape index (κ3) is 1.92. The van der Waals surface area contributed by atoms with Gasteiger partial charge in [0.25, 0.3) is 0 Å². The summed E-state index contributed by atoms with van der Waals surface area (Å²) in [7, 11) is 0. The van der Waals surface area contributed by atoms with Crippen LogP contribution in [0.2, 0.25) is 0 Å². The van der Waals surface area contributed by atoms with E-state index in [-0.39, 0.29) is 0 Å². The topological polar surface area (TPSA) is 41.6 Å². The van der Waals surface area contributed by atoms with E-state index in [2.05, 4.69) is 9.89 Å². The number of hydrogen-bond acceptors (Lipinski definition) is 3. The first-order chi connectivity index (χ1) is 7.86. The number of aliphatic imine (C=N–C) groups is 1. The summed E-state index contributed by atoms with van der Waals surface area (Å²) < 4.78 is 0. The fourth-order valence-electron chi connectivity index (χ4n) is 3.41. The van der Waals surface area contributed by atoms with Crippen LogP contribution in [0.1, 0.15) is 51.4 Å². The number of hydrogen-bond donors (Lipinski definition) is 1. The number of nitrogens with two attached hydrogens (primary N) is 1. The van der Waals surface area contributed by atoms with Gasteiger partial charge in [0.2, 0.25) is 0 Å². The van der Waals surface area contributed by atoms with E-state index >= 15 is 0 Å². The fraction of sp³-hybridized carbons (Fsp3) is 0.923. The molecule has 90 valence electrons. The second-order valence-corrected chi connectivity index (χ2v) is 5.66. The Morgan fingerprint density at radius 3 is 2.31 bits per heavy atom. The third-order valence-corrected chi connectivity index (χ3v) is 4.45. The SMILES string of the molecule is NC1=NCC(C2CCCCCC2)N1C1CC1. The van der Waals surface area contributed by atoms with Crippen LogP contribution in [0.4, 0.5) is 0 Å². The lowest BCUT2D eigenvalue weighted by atomic mass is 9.91. The quantitative estimate of drug-likeness (QED) is 0.726. The molecule has 0 spiro atoms. The van der Waals surface area contributed by atoms with Gasteiger partial charge >= 0.3 is 0 Å². The van der Waals surface area contributed by atoms with E-state index in [0.717, 1.165) is 24.5 Å². The Kier molecular flexibility index (Phi) is 2.78. The van der Waals surface area contributed by atoms with Gasteiger partial charge in [-0.15, -0.1) is 0 Å². The maximum Gasteiger partial charge on any atom is 0.191 e. The van der Waals surface area contributed by atoms with Crippen LogP contribution in [-0.2, 0) is 0 Å². The Balaban J connectivity index is 1.68. The van der Waals surface area contributed by atoms with Crippen molar-refractivity contribution in [2.75, 3.05) is 6.54 Å². The molecule has 3 rings (SSSR count). The number of guanidine groups is 1. The largest absolute Gasteiger partial charge is 0.370 e. The van der Waals surface area contributed by atoms with Crippen LogP contribution in [-0.4, -0.2) is 29.5 Å².